The normalized spacial score (nSPS) is 18.8. The van der Waals surface area contributed by atoms with Crippen molar-refractivity contribution < 1.29 is 27.4 Å². The van der Waals surface area contributed by atoms with Crippen LogP contribution in [0.1, 0.15) is 49.7 Å². The lowest BCUT2D eigenvalue weighted by Crippen LogP contribution is -2.25. The zero-order chi connectivity index (χ0) is 22.2. The molecule has 0 aromatic heterocycles. The second-order valence-corrected chi connectivity index (χ2v) is 7.66. The largest absolute Gasteiger partial charge is 0.491 e. The summed E-state index contributed by atoms with van der Waals surface area (Å²) in [6.07, 6.45) is 6.91. The van der Waals surface area contributed by atoms with Crippen molar-refractivity contribution in [3.05, 3.63) is 71.3 Å². The van der Waals surface area contributed by atoms with Crippen LogP contribution in [0.15, 0.2) is 48.6 Å². The number of esters is 1. The van der Waals surface area contributed by atoms with E-state index in [9.17, 15) is 18.0 Å². The fourth-order valence-corrected chi connectivity index (χ4v) is 3.92. The minimum Gasteiger partial charge on any atom is -0.491 e. The molecule has 0 spiro atoms. The third-order valence-electron chi connectivity index (χ3n) is 5.64. The van der Waals surface area contributed by atoms with Crippen LogP contribution in [0.3, 0.4) is 0 Å². The van der Waals surface area contributed by atoms with E-state index in [1.807, 2.05) is 18.2 Å². The van der Waals surface area contributed by atoms with Gasteiger partial charge in [0.05, 0.1) is 12.5 Å². The summed E-state index contributed by atoms with van der Waals surface area (Å²) in [6.45, 7) is 1.42. The molecular weight excluding hydrogens is 405 g/mol. The van der Waals surface area contributed by atoms with E-state index in [1.54, 1.807) is 6.92 Å². The Labute approximate surface area is 180 Å². The molecule has 1 fully saturated rings. The van der Waals surface area contributed by atoms with Gasteiger partial charge in [0.25, 0.3) is 0 Å². The standard InChI is InChI=1S/C25H27F3O3/c1-2-30-21-14-15-22(24(28)23(21)27)31-25(29)20-12-10-19(11-13-20)18-8-6-17(7-9-18)5-3-4-16-26/h3-4,6-9,14-15,19-20H,2,5,10-13,16H2,1H3/b4-3+. The number of alkyl halides is 1. The van der Waals surface area contributed by atoms with Gasteiger partial charge in [-0.3, -0.25) is 4.79 Å². The van der Waals surface area contributed by atoms with Gasteiger partial charge in [0.2, 0.25) is 11.6 Å². The van der Waals surface area contributed by atoms with E-state index in [0.29, 0.717) is 25.2 Å². The molecule has 3 nitrogen and oxygen atoms in total. The number of hydrogen-bond donors (Lipinski definition) is 0. The summed E-state index contributed by atoms with van der Waals surface area (Å²) < 4.78 is 50.5. The molecule has 0 heterocycles. The van der Waals surface area contributed by atoms with E-state index in [0.717, 1.165) is 18.4 Å². The predicted molar refractivity (Wildman–Crippen MR) is 113 cm³/mol. The van der Waals surface area contributed by atoms with Gasteiger partial charge in [-0.15, -0.1) is 0 Å². The summed E-state index contributed by atoms with van der Waals surface area (Å²) in [5, 5.41) is 0. The summed E-state index contributed by atoms with van der Waals surface area (Å²) in [7, 11) is 0. The Morgan fingerprint density at radius 2 is 1.61 bits per heavy atom. The Balaban J connectivity index is 1.54. The van der Waals surface area contributed by atoms with Gasteiger partial charge in [0, 0.05) is 0 Å². The Hall–Kier alpha value is -2.76. The SMILES string of the molecule is CCOc1ccc(OC(=O)C2CCC(c3ccc(C/C=C/CF)cc3)CC2)c(F)c1F. The monoisotopic (exact) mass is 432 g/mol. The molecule has 31 heavy (non-hydrogen) atoms. The van der Waals surface area contributed by atoms with Crippen molar-refractivity contribution in [2.24, 2.45) is 5.92 Å². The number of allylic oxidation sites excluding steroid dienone is 2. The number of halogens is 3. The maximum absolute atomic E-state index is 14.2. The number of rotatable bonds is 8. The Morgan fingerprint density at radius 1 is 0.968 bits per heavy atom. The van der Waals surface area contributed by atoms with Gasteiger partial charge in [0.1, 0.15) is 6.67 Å². The van der Waals surface area contributed by atoms with Gasteiger partial charge in [-0.2, -0.15) is 8.78 Å². The number of carbonyl (C=O) groups is 1. The number of ether oxygens (including phenoxy) is 2. The molecule has 166 valence electrons. The fourth-order valence-electron chi connectivity index (χ4n) is 3.92. The highest BCUT2D eigenvalue weighted by molar-refractivity contribution is 5.75. The van der Waals surface area contributed by atoms with Crippen molar-refractivity contribution in [1.82, 2.24) is 0 Å². The van der Waals surface area contributed by atoms with Gasteiger partial charge in [-0.05, 0) is 68.2 Å². The van der Waals surface area contributed by atoms with Crippen LogP contribution >= 0.6 is 0 Å². The number of carbonyl (C=O) groups excluding carboxylic acids is 1. The van der Waals surface area contributed by atoms with Crippen molar-refractivity contribution in [3.63, 3.8) is 0 Å². The van der Waals surface area contributed by atoms with Crippen LogP contribution in [-0.2, 0) is 11.2 Å². The predicted octanol–water partition coefficient (Wildman–Crippen LogP) is 6.31. The molecule has 2 aromatic carbocycles. The molecule has 0 N–H and O–H groups in total. The van der Waals surface area contributed by atoms with Crippen molar-refractivity contribution in [1.29, 1.82) is 0 Å². The van der Waals surface area contributed by atoms with E-state index in [4.69, 9.17) is 9.47 Å². The second kappa shape index (κ2) is 11.0. The zero-order valence-electron chi connectivity index (χ0n) is 17.6. The molecule has 0 unspecified atom stereocenters. The molecule has 0 saturated heterocycles. The quantitative estimate of drug-likeness (QED) is 0.279. The second-order valence-electron chi connectivity index (χ2n) is 7.66. The molecule has 2 aromatic rings. The summed E-state index contributed by atoms with van der Waals surface area (Å²) in [4.78, 5) is 12.5. The van der Waals surface area contributed by atoms with E-state index in [-0.39, 0.29) is 18.3 Å². The number of benzene rings is 2. The van der Waals surface area contributed by atoms with E-state index in [2.05, 4.69) is 12.1 Å². The van der Waals surface area contributed by atoms with Crippen LogP contribution < -0.4 is 9.47 Å². The molecule has 6 heteroatoms. The Morgan fingerprint density at radius 3 is 2.26 bits per heavy atom. The van der Waals surface area contributed by atoms with Crippen LogP contribution in [-0.4, -0.2) is 19.3 Å². The molecule has 0 bridgehead atoms. The van der Waals surface area contributed by atoms with E-state index < -0.39 is 30.0 Å². The van der Waals surface area contributed by atoms with Crippen molar-refractivity contribution >= 4 is 5.97 Å². The topological polar surface area (TPSA) is 35.5 Å². The van der Waals surface area contributed by atoms with Crippen LogP contribution in [0.2, 0.25) is 0 Å². The highest BCUT2D eigenvalue weighted by Crippen LogP contribution is 2.37. The molecule has 1 saturated carbocycles. The van der Waals surface area contributed by atoms with Crippen molar-refractivity contribution in [2.45, 2.75) is 44.9 Å². The maximum atomic E-state index is 14.2. The fraction of sp³-hybridized carbons (Fsp3) is 0.400. The van der Waals surface area contributed by atoms with E-state index in [1.165, 1.54) is 23.8 Å². The summed E-state index contributed by atoms with van der Waals surface area (Å²) >= 11 is 0. The summed E-state index contributed by atoms with van der Waals surface area (Å²) in [5.41, 5.74) is 2.33. The highest BCUT2D eigenvalue weighted by atomic mass is 19.2. The van der Waals surface area contributed by atoms with Gasteiger partial charge in [-0.25, -0.2) is 4.39 Å². The van der Waals surface area contributed by atoms with Crippen molar-refractivity contribution in [2.75, 3.05) is 13.3 Å². The first-order valence-corrected chi connectivity index (χ1v) is 10.7. The van der Waals surface area contributed by atoms with Gasteiger partial charge < -0.3 is 9.47 Å². The first-order chi connectivity index (χ1) is 15.0. The third-order valence-corrected chi connectivity index (χ3v) is 5.64. The minimum absolute atomic E-state index is 0.204. The van der Waals surface area contributed by atoms with Crippen LogP contribution in [0.4, 0.5) is 13.2 Å². The summed E-state index contributed by atoms with van der Waals surface area (Å²) in [5.74, 6) is -3.50. The van der Waals surface area contributed by atoms with Crippen LogP contribution in [0.25, 0.3) is 0 Å². The average molecular weight is 432 g/mol. The first-order valence-electron chi connectivity index (χ1n) is 10.7. The molecule has 0 amide bonds. The lowest BCUT2D eigenvalue weighted by atomic mass is 9.78. The molecule has 0 radical (unpaired) electrons. The van der Waals surface area contributed by atoms with Gasteiger partial charge in [-0.1, -0.05) is 36.4 Å². The Kier molecular flexibility index (Phi) is 8.15. The molecule has 1 aliphatic carbocycles. The summed E-state index contributed by atoms with van der Waals surface area (Å²) in [6, 6.07) is 10.7. The van der Waals surface area contributed by atoms with E-state index >= 15 is 0 Å². The minimum atomic E-state index is -1.21. The van der Waals surface area contributed by atoms with Crippen LogP contribution in [0, 0.1) is 17.6 Å². The third kappa shape index (κ3) is 5.90. The lowest BCUT2D eigenvalue weighted by Gasteiger charge is -2.27. The molecule has 0 atom stereocenters. The average Bonchev–Trinajstić information content (AvgIpc) is 2.79. The number of hydrogen-bond acceptors (Lipinski definition) is 3. The molecule has 3 rings (SSSR count). The molecular formula is C25H27F3O3. The van der Waals surface area contributed by atoms with Gasteiger partial charge >= 0.3 is 5.97 Å². The molecule has 0 aliphatic heterocycles. The maximum Gasteiger partial charge on any atom is 0.314 e. The smallest absolute Gasteiger partial charge is 0.314 e. The first kappa shape index (κ1) is 22.9. The van der Waals surface area contributed by atoms with Crippen LogP contribution in [0.5, 0.6) is 11.5 Å². The zero-order valence-corrected chi connectivity index (χ0v) is 17.6. The molecule has 1 aliphatic rings. The van der Waals surface area contributed by atoms with Crippen molar-refractivity contribution in [3.8, 4) is 11.5 Å². The lowest BCUT2D eigenvalue weighted by molar-refractivity contribution is -0.140. The highest BCUT2D eigenvalue weighted by Gasteiger charge is 2.29. The van der Waals surface area contributed by atoms with Gasteiger partial charge in [0.15, 0.2) is 11.5 Å². The Bertz CT molecular complexity index is 901.